The molecule has 0 aliphatic heterocycles. The Morgan fingerprint density at radius 3 is 1.03 bits per heavy atom. The Bertz CT molecular complexity index is 1480. The van der Waals surface area contributed by atoms with Gasteiger partial charge in [0, 0.05) is 0 Å². The van der Waals surface area contributed by atoms with Crippen LogP contribution in [-0.2, 0) is 19.7 Å². The molecule has 38 heavy (non-hydrogen) atoms. The number of ether oxygens (including phenoxy) is 2. The number of phenolic OH excluding ortho intramolecular Hbond substituents is 2. The van der Waals surface area contributed by atoms with Gasteiger partial charge < -0.3 is 19.7 Å². The van der Waals surface area contributed by atoms with Crippen molar-refractivity contribution in [3.05, 3.63) is 109 Å². The zero-order valence-corrected chi connectivity index (χ0v) is 21.6. The molecule has 0 atom stereocenters. The molecule has 0 aromatic heterocycles. The van der Waals surface area contributed by atoms with Gasteiger partial charge in [0.1, 0.15) is 36.2 Å². The summed E-state index contributed by atoms with van der Waals surface area (Å²) in [7, 11) is -7.40. The molecule has 0 aliphatic rings. The van der Waals surface area contributed by atoms with Crippen molar-refractivity contribution in [3.63, 3.8) is 0 Å². The molecule has 10 heteroatoms. The normalized spacial score (nSPS) is 11.9. The third-order valence-corrected chi connectivity index (χ3v) is 8.99. The second-order valence-corrected chi connectivity index (χ2v) is 11.9. The van der Waals surface area contributed by atoms with E-state index in [1.165, 1.54) is 72.8 Å². The Kier molecular flexibility index (Phi) is 8.04. The maximum absolute atomic E-state index is 12.7. The molecule has 0 fully saturated rings. The van der Waals surface area contributed by atoms with Crippen LogP contribution < -0.4 is 9.47 Å². The van der Waals surface area contributed by atoms with Crippen molar-refractivity contribution in [1.82, 2.24) is 0 Å². The summed E-state index contributed by atoms with van der Waals surface area (Å²) in [5.41, 5.74) is 0. The van der Waals surface area contributed by atoms with Crippen molar-refractivity contribution in [2.24, 2.45) is 0 Å². The third kappa shape index (κ3) is 6.34. The van der Waals surface area contributed by atoms with Crippen LogP contribution in [0.2, 0.25) is 0 Å². The lowest BCUT2D eigenvalue weighted by molar-refractivity contribution is 0.350. The van der Waals surface area contributed by atoms with E-state index in [4.69, 9.17) is 9.47 Å². The predicted molar refractivity (Wildman–Crippen MR) is 140 cm³/mol. The van der Waals surface area contributed by atoms with E-state index in [2.05, 4.69) is 0 Å². The Hall–Kier alpha value is -4.28. The largest absolute Gasteiger partial charge is 0.508 e. The third-order valence-electron chi connectivity index (χ3n) is 5.42. The van der Waals surface area contributed by atoms with Crippen molar-refractivity contribution in [1.29, 1.82) is 0 Å². The maximum Gasteiger partial charge on any atom is 0.206 e. The van der Waals surface area contributed by atoms with E-state index in [1.54, 1.807) is 36.4 Å². The number of phenols is 2. The van der Waals surface area contributed by atoms with Crippen LogP contribution in [0.1, 0.15) is 0 Å². The minimum atomic E-state index is -3.70. The van der Waals surface area contributed by atoms with Crippen LogP contribution >= 0.6 is 0 Å². The summed E-state index contributed by atoms with van der Waals surface area (Å²) in [6.45, 7) is 0.467. The Labute approximate surface area is 220 Å². The molecule has 8 nitrogen and oxygen atoms in total. The zero-order chi connectivity index (χ0) is 27.2. The van der Waals surface area contributed by atoms with Crippen molar-refractivity contribution in [3.8, 4) is 23.0 Å². The molecular weight excluding hydrogens is 528 g/mol. The second kappa shape index (κ2) is 11.4. The lowest BCUT2D eigenvalue weighted by Crippen LogP contribution is -2.02. The van der Waals surface area contributed by atoms with Crippen LogP contribution in [-0.4, -0.2) is 40.3 Å². The van der Waals surface area contributed by atoms with Crippen molar-refractivity contribution < 1.29 is 36.5 Å². The van der Waals surface area contributed by atoms with Gasteiger partial charge in [-0.05, 0) is 109 Å². The average Bonchev–Trinajstić information content (AvgIpc) is 2.92. The van der Waals surface area contributed by atoms with Crippen molar-refractivity contribution >= 4 is 19.7 Å². The molecule has 0 saturated carbocycles. The van der Waals surface area contributed by atoms with Gasteiger partial charge in [-0.15, -0.1) is 0 Å². The highest BCUT2D eigenvalue weighted by atomic mass is 32.2. The molecule has 196 valence electrons. The average molecular weight is 553 g/mol. The monoisotopic (exact) mass is 552 g/mol. The highest BCUT2D eigenvalue weighted by molar-refractivity contribution is 7.91. The van der Waals surface area contributed by atoms with Crippen molar-refractivity contribution in [2.75, 3.05) is 13.2 Å². The smallest absolute Gasteiger partial charge is 0.206 e. The van der Waals surface area contributed by atoms with Crippen molar-refractivity contribution in [2.45, 2.75) is 19.6 Å². The van der Waals surface area contributed by atoms with Crippen LogP contribution in [0.4, 0.5) is 0 Å². The minimum Gasteiger partial charge on any atom is -0.508 e. The molecule has 0 heterocycles. The first-order chi connectivity index (χ1) is 18.2. The molecule has 0 unspecified atom stereocenters. The summed E-state index contributed by atoms with van der Waals surface area (Å²) in [4.78, 5) is 0.392. The van der Waals surface area contributed by atoms with Crippen LogP contribution in [0.5, 0.6) is 23.0 Å². The van der Waals surface area contributed by atoms with E-state index in [1.807, 2.05) is 0 Å². The fourth-order valence-corrected chi connectivity index (χ4v) is 5.90. The number of hydrogen-bond acceptors (Lipinski definition) is 8. The van der Waals surface area contributed by atoms with Gasteiger partial charge >= 0.3 is 0 Å². The molecule has 0 saturated heterocycles. The molecule has 0 amide bonds. The Morgan fingerprint density at radius 1 is 0.474 bits per heavy atom. The molecule has 0 radical (unpaired) electrons. The highest BCUT2D eigenvalue weighted by Gasteiger charge is 2.18. The summed E-state index contributed by atoms with van der Waals surface area (Å²) >= 11 is 0. The van der Waals surface area contributed by atoms with Crippen LogP contribution in [0.3, 0.4) is 0 Å². The van der Waals surface area contributed by atoms with Crippen LogP contribution in [0, 0.1) is 0 Å². The van der Waals surface area contributed by atoms with Gasteiger partial charge in [-0.1, -0.05) is 0 Å². The molecule has 4 aromatic carbocycles. The van der Waals surface area contributed by atoms with E-state index in [-0.39, 0.29) is 44.3 Å². The minimum absolute atomic E-state index is 0.0125. The lowest BCUT2D eigenvalue weighted by atomic mass is 10.3. The SMILES string of the molecule is O=S(=O)(c1ccc(O)cc1)c1ccc(OC/C=C/COc2ccc(S(=O)(=O)c3ccc(O)cc3)cc2)cc1. The quantitative estimate of drug-likeness (QED) is 0.269. The van der Waals surface area contributed by atoms with E-state index in [0.717, 1.165) is 0 Å². The predicted octanol–water partition coefficient (Wildman–Crippen LogP) is 4.78. The first-order valence-corrected chi connectivity index (χ1v) is 14.3. The van der Waals surface area contributed by atoms with Gasteiger partial charge in [0.2, 0.25) is 19.7 Å². The summed E-state index contributed by atoms with van der Waals surface area (Å²) in [5, 5.41) is 18.7. The molecular formula is C28H24O8S2. The maximum atomic E-state index is 12.7. The number of aromatic hydroxyl groups is 2. The lowest BCUT2D eigenvalue weighted by Gasteiger charge is -2.08. The Morgan fingerprint density at radius 2 is 0.737 bits per heavy atom. The topological polar surface area (TPSA) is 127 Å². The number of hydrogen-bond donors (Lipinski definition) is 2. The van der Waals surface area contributed by atoms with Crippen LogP contribution in [0.25, 0.3) is 0 Å². The molecule has 0 aliphatic carbocycles. The zero-order valence-electron chi connectivity index (χ0n) is 20.0. The van der Waals surface area contributed by atoms with Gasteiger partial charge in [0.05, 0.1) is 19.6 Å². The summed E-state index contributed by atoms with van der Waals surface area (Å²) < 4.78 is 61.8. The number of rotatable bonds is 10. The first kappa shape index (κ1) is 26.8. The first-order valence-electron chi connectivity index (χ1n) is 11.4. The van der Waals surface area contributed by atoms with E-state index >= 15 is 0 Å². The summed E-state index contributed by atoms with van der Waals surface area (Å²) in [6.07, 6.45) is 3.48. The van der Waals surface area contributed by atoms with Gasteiger partial charge in [-0.25, -0.2) is 16.8 Å². The molecule has 4 aromatic rings. The number of benzene rings is 4. The van der Waals surface area contributed by atoms with Gasteiger partial charge in [-0.2, -0.15) is 0 Å². The fourth-order valence-electron chi connectivity index (χ4n) is 3.38. The van der Waals surface area contributed by atoms with E-state index in [0.29, 0.717) is 11.5 Å². The number of sulfone groups is 2. The van der Waals surface area contributed by atoms with Gasteiger partial charge in [-0.3, -0.25) is 0 Å². The van der Waals surface area contributed by atoms with E-state index < -0.39 is 19.7 Å². The summed E-state index contributed by atoms with van der Waals surface area (Å²) in [5.74, 6) is 0.958. The Balaban J connectivity index is 1.25. The molecule has 2 N–H and O–H groups in total. The molecule has 4 rings (SSSR count). The highest BCUT2D eigenvalue weighted by Crippen LogP contribution is 2.26. The van der Waals surface area contributed by atoms with Gasteiger partial charge in [0.25, 0.3) is 0 Å². The van der Waals surface area contributed by atoms with Gasteiger partial charge in [0.15, 0.2) is 0 Å². The standard InChI is InChI=1S/C28H24O8S2/c29-21-3-11-25(12-4-21)37(31,32)27-15-7-23(8-16-27)35-19-1-2-20-36-24-9-17-28(18-10-24)38(33,34)26-13-5-22(30)6-14-26/h1-18,29-30H,19-20H2/b2-1+. The second-order valence-electron chi connectivity index (χ2n) is 8.03. The van der Waals surface area contributed by atoms with Crippen LogP contribution in [0.15, 0.2) is 129 Å². The summed E-state index contributed by atoms with van der Waals surface area (Å²) in [6, 6.07) is 22.7. The molecule has 0 spiro atoms. The molecule has 0 bridgehead atoms. The van der Waals surface area contributed by atoms with E-state index in [9.17, 15) is 27.0 Å². The fraction of sp³-hybridized carbons (Fsp3) is 0.0714.